The molecule has 1 N–H and O–H groups in total. The first-order chi connectivity index (χ1) is 30.5. The Morgan fingerprint density at radius 1 is 0.444 bits per heavy atom. The molecule has 0 aromatic rings. The normalized spacial score (nSPS) is 13.5. The molecule has 0 aliphatic heterocycles. The number of carbonyl (C=O) groups is 1. The summed E-state index contributed by atoms with van der Waals surface area (Å²) in [5.74, 6) is -0.274. The van der Waals surface area contributed by atoms with Crippen LogP contribution in [0.25, 0.3) is 0 Å². The van der Waals surface area contributed by atoms with Crippen LogP contribution in [-0.4, -0.2) is 75.6 Å². The van der Waals surface area contributed by atoms with E-state index in [4.69, 9.17) is 18.5 Å². The summed E-state index contributed by atoms with van der Waals surface area (Å²) in [5.41, 5.74) is 0. The van der Waals surface area contributed by atoms with Gasteiger partial charge in [-0.15, -0.1) is 0 Å². The van der Waals surface area contributed by atoms with Gasteiger partial charge in [-0.25, -0.2) is 4.57 Å². The minimum Gasteiger partial charge on any atom is -0.463 e. The maximum absolute atomic E-state index is 13.7. The number of rotatable bonds is 52. The van der Waals surface area contributed by atoms with Crippen molar-refractivity contribution in [2.75, 3.05) is 54.1 Å². The van der Waals surface area contributed by atoms with Gasteiger partial charge in [0, 0.05) is 6.61 Å². The van der Waals surface area contributed by atoms with Crippen LogP contribution in [0, 0.1) is 5.92 Å². The molecule has 0 aliphatic rings. The zero-order valence-electron chi connectivity index (χ0n) is 43.3. The molecular formula is C54H111NO7P+. The van der Waals surface area contributed by atoms with Crippen LogP contribution < -0.4 is 0 Å². The molecular weight excluding hydrogens is 806 g/mol. The van der Waals surface area contributed by atoms with Crippen molar-refractivity contribution in [3.63, 3.8) is 0 Å². The van der Waals surface area contributed by atoms with Crippen LogP contribution in [0.2, 0.25) is 0 Å². The van der Waals surface area contributed by atoms with Crippen molar-refractivity contribution in [2.24, 2.45) is 5.92 Å². The number of ether oxygens (including phenoxy) is 2. The minimum absolute atomic E-state index is 0.0176. The third kappa shape index (κ3) is 47.8. The summed E-state index contributed by atoms with van der Waals surface area (Å²) in [4.78, 5) is 24.2. The van der Waals surface area contributed by atoms with Gasteiger partial charge in [-0.05, 0) is 19.3 Å². The standard InChI is InChI=1S/C54H110NO7P/c1-7-10-13-16-19-22-25-28-29-32-35-38-41-44-48-59-53(51-62-63(57,58)61-49-47-55(4,5)6)50-60-54(56)52(45-42-39-36-33-30-26-23-20-17-14-11-8-2)46-43-40-37-34-31-27-24-21-18-15-12-9-3/h52-53H,7-51H2,1-6H3/p+1. The van der Waals surface area contributed by atoms with E-state index in [1.54, 1.807) is 0 Å². The van der Waals surface area contributed by atoms with E-state index in [2.05, 4.69) is 20.8 Å². The quantitative estimate of drug-likeness (QED) is 0.0281. The third-order valence-electron chi connectivity index (χ3n) is 12.8. The van der Waals surface area contributed by atoms with Gasteiger partial charge in [0.1, 0.15) is 25.9 Å². The van der Waals surface area contributed by atoms with E-state index in [1.165, 1.54) is 205 Å². The molecule has 0 spiro atoms. The van der Waals surface area contributed by atoms with Crippen LogP contribution in [-0.2, 0) is 27.9 Å². The predicted molar refractivity (Wildman–Crippen MR) is 271 cm³/mol. The lowest BCUT2D eigenvalue weighted by Crippen LogP contribution is -2.37. The number of esters is 1. The molecule has 63 heavy (non-hydrogen) atoms. The first-order valence-electron chi connectivity index (χ1n) is 27.7. The van der Waals surface area contributed by atoms with E-state index in [0.717, 1.165) is 51.4 Å². The summed E-state index contributed by atoms with van der Waals surface area (Å²) in [5, 5.41) is 0. The van der Waals surface area contributed by atoms with E-state index >= 15 is 0 Å². The number of quaternary nitrogens is 1. The summed E-state index contributed by atoms with van der Waals surface area (Å²) in [6.07, 6.45) is 50.3. The fourth-order valence-corrected chi connectivity index (χ4v) is 9.21. The second-order valence-corrected chi connectivity index (χ2v) is 21.8. The molecule has 0 saturated carbocycles. The fraction of sp³-hybridized carbons (Fsp3) is 0.981. The topological polar surface area (TPSA) is 91.3 Å². The zero-order chi connectivity index (χ0) is 46.4. The largest absolute Gasteiger partial charge is 0.472 e. The Morgan fingerprint density at radius 3 is 1.10 bits per heavy atom. The number of phosphoric acid groups is 1. The lowest BCUT2D eigenvalue weighted by atomic mass is 9.94. The molecule has 378 valence electrons. The van der Waals surface area contributed by atoms with Crippen LogP contribution in [0.5, 0.6) is 0 Å². The molecule has 9 heteroatoms. The summed E-state index contributed by atoms with van der Waals surface area (Å²) >= 11 is 0. The number of hydrogen-bond donors (Lipinski definition) is 1. The Morgan fingerprint density at radius 2 is 0.762 bits per heavy atom. The Balaban J connectivity index is 5.00. The molecule has 2 atom stereocenters. The highest BCUT2D eigenvalue weighted by molar-refractivity contribution is 7.47. The average Bonchev–Trinajstić information content (AvgIpc) is 3.25. The highest BCUT2D eigenvalue weighted by Gasteiger charge is 2.27. The van der Waals surface area contributed by atoms with Gasteiger partial charge in [0.05, 0.1) is 33.7 Å². The molecule has 0 aliphatic carbocycles. The van der Waals surface area contributed by atoms with Gasteiger partial charge < -0.3 is 18.9 Å². The molecule has 0 radical (unpaired) electrons. The van der Waals surface area contributed by atoms with E-state index in [9.17, 15) is 14.3 Å². The smallest absolute Gasteiger partial charge is 0.463 e. The number of hydrogen-bond acceptors (Lipinski definition) is 6. The number of phosphoric ester groups is 1. The Hall–Kier alpha value is -0.500. The molecule has 0 amide bonds. The Labute approximate surface area is 393 Å². The monoisotopic (exact) mass is 917 g/mol. The van der Waals surface area contributed by atoms with Gasteiger partial charge in [0.15, 0.2) is 0 Å². The van der Waals surface area contributed by atoms with Crippen molar-refractivity contribution in [2.45, 2.75) is 284 Å². The van der Waals surface area contributed by atoms with Crippen LogP contribution in [0.1, 0.15) is 278 Å². The summed E-state index contributed by atoms with van der Waals surface area (Å²) < 4.78 is 36.3. The van der Waals surface area contributed by atoms with Gasteiger partial charge >= 0.3 is 13.8 Å². The Kier molecular flexibility index (Phi) is 46.2. The van der Waals surface area contributed by atoms with Gasteiger partial charge in [-0.2, -0.15) is 0 Å². The van der Waals surface area contributed by atoms with Crippen molar-refractivity contribution in [3.05, 3.63) is 0 Å². The maximum atomic E-state index is 13.7. The highest BCUT2D eigenvalue weighted by Crippen LogP contribution is 2.43. The lowest BCUT2D eigenvalue weighted by molar-refractivity contribution is -0.870. The van der Waals surface area contributed by atoms with Crippen LogP contribution in [0.4, 0.5) is 0 Å². The molecule has 0 heterocycles. The third-order valence-corrected chi connectivity index (χ3v) is 13.8. The van der Waals surface area contributed by atoms with E-state index in [-0.39, 0.29) is 31.7 Å². The van der Waals surface area contributed by atoms with Crippen molar-refractivity contribution in [1.82, 2.24) is 0 Å². The van der Waals surface area contributed by atoms with Crippen molar-refractivity contribution < 1.29 is 37.3 Å². The molecule has 0 aromatic carbocycles. The van der Waals surface area contributed by atoms with Gasteiger partial charge in [0.2, 0.25) is 0 Å². The first-order valence-corrected chi connectivity index (χ1v) is 29.2. The van der Waals surface area contributed by atoms with Crippen molar-refractivity contribution in [3.8, 4) is 0 Å². The number of carbonyl (C=O) groups excluding carboxylic acids is 1. The average molecular weight is 917 g/mol. The van der Waals surface area contributed by atoms with Gasteiger partial charge in [-0.1, -0.05) is 258 Å². The van der Waals surface area contributed by atoms with Crippen LogP contribution in [0.3, 0.4) is 0 Å². The molecule has 8 nitrogen and oxygen atoms in total. The van der Waals surface area contributed by atoms with Gasteiger partial charge in [0.25, 0.3) is 0 Å². The number of nitrogens with zero attached hydrogens (tertiary/aromatic N) is 1. The molecule has 0 rings (SSSR count). The molecule has 2 unspecified atom stereocenters. The second-order valence-electron chi connectivity index (χ2n) is 20.4. The summed E-state index contributed by atoms with van der Waals surface area (Å²) in [6, 6.07) is 0. The summed E-state index contributed by atoms with van der Waals surface area (Å²) in [6.45, 7) is 7.87. The Bertz CT molecular complexity index is 964. The number of likely N-dealkylation sites (N-methyl/N-ethyl adjacent to an activating group) is 1. The molecule has 0 bridgehead atoms. The van der Waals surface area contributed by atoms with Crippen molar-refractivity contribution in [1.29, 1.82) is 0 Å². The second kappa shape index (κ2) is 46.6. The zero-order valence-corrected chi connectivity index (χ0v) is 44.2. The molecule has 0 fully saturated rings. The van der Waals surface area contributed by atoms with E-state index < -0.39 is 13.9 Å². The fourth-order valence-electron chi connectivity index (χ4n) is 8.47. The SMILES string of the molecule is CCCCCCCCCCCCCCCCOC(COC(=O)C(CCCCCCCCCCCCCC)CCCCCCCCCCCCCC)COP(=O)(O)OCC[N+](C)(C)C. The van der Waals surface area contributed by atoms with Crippen molar-refractivity contribution >= 4 is 13.8 Å². The predicted octanol–water partition coefficient (Wildman–Crippen LogP) is 17.0. The van der Waals surface area contributed by atoms with Crippen LogP contribution in [0.15, 0.2) is 0 Å². The first kappa shape index (κ1) is 62.5. The number of unbranched alkanes of at least 4 members (excludes halogenated alkanes) is 35. The molecule has 0 saturated heterocycles. The van der Waals surface area contributed by atoms with E-state index in [0.29, 0.717) is 17.6 Å². The van der Waals surface area contributed by atoms with Crippen LogP contribution >= 0.6 is 7.82 Å². The molecule has 0 aromatic heterocycles. The highest BCUT2D eigenvalue weighted by atomic mass is 31.2. The van der Waals surface area contributed by atoms with E-state index in [1.807, 2.05) is 21.1 Å². The minimum atomic E-state index is -4.28. The lowest BCUT2D eigenvalue weighted by Gasteiger charge is -2.24. The summed E-state index contributed by atoms with van der Waals surface area (Å²) in [7, 11) is 1.74. The van der Waals surface area contributed by atoms with Gasteiger partial charge in [-0.3, -0.25) is 13.8 Å². The maximum Gasteiger partial charge on any atom is 0.472 e.